The van der Waals surface area contributed by atoms with Crippen molar-refractivity contribution in [1.82, 2.24) is 18.8 Å². The van der Waals surface area contributed by atoms with Crippen LogP contribution in [0.5, 0.6) is 0 Å². The maximum absolute atomic E-state index is 14.2. The van der Waals surface area contributed by atoms with Crippen LogP contribution in [-0.2, 0) is 0 Å². The molecule has 0 saturated heterocycles. The number of rotatable bonds is 3. The van der Waals surface area contributed by atoms with Crippen molar-refractivity contribution in [1.29, 1.82) is 0 Å². The van der Waals surface area contributed by atoms with Gasteiger partial charge in [0, 0.05) is 29.2 Å². The van der Waals surface area contributed by atoms with Gasteiger partial charge in [0.25, 0.3) is 0 Å². The van der Waals surface area contributed by atoms with Crippen molar-refractivity contribution in [3.05, 3.63) is 54.0 Å². The van der Waals surface area contributed by atoms with Gasteiger partial charge in [0.05, 0.1) is 22.3 Å². The Hall–Kier alpha value is -1.99. The van der Waals surface area contributed by atoms with Gasteiger partial charge in [0.15, 0.2) is 0 Å². The van der Waals surface area contributed by atoms with Crippen LogP contribution in [-0.4, -0.2) is 18.8 Å². The third-order valence-electron chi connectivity index (χ3n) is 2.73. The molecule has 21 heavy (non-hydrogen) atoms. The van der Waals surface area contributed by atoms with Gasteiger partial charge in [0.1, 0.15) is 11.6 Å². The smallest absolute Gasteiger partial charge is 0.224 e. The molecule has 0 spiro atoms. The van der Waals surface area contributed by atoms with Crippen LogP contribution >= 0.6 is 27.7 Å². The average Bonchev–Trinajstić information content (AvgIpc) is 2.85. The molecule has 0 fully saturated rings. The summed E-state index contributed by atoms with van der Waals surface area (Å²) in [4.78, 5) is 7.76. The normalized spacial score (nSPS) is 10.6. The predicted octanol–water partition coefficient (Wildman–Crippen LogP) is 4.03. The molecular weight excluding hydrogens is 361 g/mol. The summed E-state index contributed by atoms with van der Waals surface area (Å²) in [6.07, 6.45) is 4.77. The van der Waals surface area contributed by atoms with Crippen molar-refractivity contribution in [2.45, 2.75) is 0 Å². The SMILES string of the molecule is Fc1cc(Nc2ccnc(Cl)n2)ccc1-c1cnn(Br)c1. The number of benzene rings is 1. The van der Waals surface area contributed by atoms with Gasteiger partial charge in [-0.1, -0.05) is 0 Å². The lowest BCUT2D eigenvalue weighted by atomic mass is 10.1. The summed E-state index contributed by atoms with van der Waals surface area (Å²) in [5, 5.41) is 7.04. The molecule has 0 amide bonds. The Morgan fingerprint density at radius 1 is 1.29 bits per heavy atom. The summed E-state index contributed by atoms with van der Waals surface area (Å²) in [7, 11) is 0. The zero-order valence-corrected chi connectivity index (χ0v) is 12.8. The van der Waals surface area contributed by atoms with Gasteiger partial charge in [-0.2, -0.15) is 5.10 Å². The third kappa shape index (κ3) is 3.20. The van der Waals surface area contributed by atoms with Crippen LogP contribution in [0.2, 0.25) is 5.28 Å². The van der Waals surface area contributed by atoms with Crippen LogP contribution in [0.1, 0.15) is 0 Å². The van der Waals surface area contributed by atoms with Crippen LogP contribution < -0.4 is 5.32 Å². The molecule has 8 heteroatoms. The molecule has 1 aromatic carbocycles. The third-order valence-corrected chi connectivity index (χ3v) is 3.30. The number of aromatic nitrogens is 4. The van der Waals surface area contributed by atoms with E-state index < -0.39 is 0 Å². The van der Waals surface area contributed by atoms with Gasteiger partial charge in [-0.15, -0.1) is 0 Å². The molecule has 0 unspecified atom stereocenters. The number of hydrogen-bond donors (Lipinski definition) is 1. The Balaban J connectivity index is 1.87. The minimum absolute atomic E-state index is 0.127. The van der Waals surface area contributed by atoms with Gasteiger partial charge in [-0.3, -0.25) is 0 Å². The maximum atomic E-state index is 14.2. The molecule has 5 nitrogen and oxygen atoms in total. The first-order valence-corrected chi connectivity index (χ1v) is 6.97. The van der Waals surface area contributed by atoms with Crippen molar-refractivity contribution >= 4 is 39.3 Å². The lowest BCUT2D eigenvalue weighted by Gasteiger charge is -2.07. The first-order valence-electron chi connectivity index (χ1n) is 5.88. The minimum atomic E-state index is -0.361. The summed E-state index contributed by atoms with van der Waals surface area (Å²) >= 11 is 8.86. The average molecular weight is 369 g/mol. The second-order valence-corrected chi connectivity index (χ2v) is 5.21. The van der Waals surface area contributed by atoms with Crippen molar-refractivity contribution in [3.8, 4) is 11.1 Å². The summed E-state index contributed by atoms with van der Waals surface area (Å²) in [6.45, 7) is 0. The second kappa shape index (κ2) is 5.79. The van der Waals surface area contributed by atoms with Crippen LogP contribution in [0.25, 0.3) is 11.1 Å². The Morgan fingerprint density at radius 3 is 2.81 bits per heavy atom. The zero-order chi connectivity index (χ0) is 14.8. The van der Waals surface area contributed by atoms with E-state index in [2.05, 4.69) is 36.5 Å². The zero-order valence-electron chi connectivity index (χ0n) is 10.5. The highest BCUT2D eigenvalue weighted by Gasteiger charge is 2.08. The quantitative estimate of drug-likeness (QED) is 0.709. The minimum Gasteiger partial charge on any atom is -0.340 e. The highest BCUT2D eigenvalue weighted by molar-refractivity contribution is 9.08. The van der Waals surface area contributed by atoms with E-state index in [1.54, 1.807) is 30.6 Å². The number of hydrogen-bond acceptors (Lipinski definition) is 4. The van der Waals surface area contributed by atoms with Crippen LogP contribution in [0.4, 0.5) is 15.9 Å². The van der Waals surface area contributed by atoms with Crippen molar-refractivity contribution in [2.24, 2.45) is 0 Å². The molecule has 0 saturated carbocycles. The molecule has 0 bridgehead atoms. The molecule has 0 aliphatic rings. The van der Waals surface area contributed by atoms with Crippen molar-refractivity contribution < 1.29 is 4.39 Å². The van der Waals surface area contributed by atoms with Crippen molar-refractivity contribution in [2.75, 3.05) is 5.32 Å². The summed E-state index contributed by atoms with van der Waals surface area (Å²) in [5.74, 6) is 0.135. The highest BCUT2D eigenvalue weighted by atomic mass is 79.9. The molecule has 0 aliphatic heterocycles. The second-order valence-electron chi connectivity index (χ2n) is 4.15. The van der Waals surface area contributed by atoms with Gasteiger partial charge in [-0.05, 0) is 35.9 Å². The lowest BCUT2D eigenvalue weighted by molar-refractivity contribution is 0.632. The Kier molecular flexibility index (Phi) is 3.85. The van der Waals surface area contributed by atoms with Gasteiger partial charge < -0.3 is 5.32 Å². The fourth-order valence-corrected chi connectivity index (χ4v) is 2.28. The Morgan fingerprint density at radius 2 is 2.14 bits per heavy atom. The summed E-state index contributed by atoms with van der Waals surface area (Å²) < 4.78 is 15.6. The molecule has 106 valence electrons. The monoisotopic (exact) mass is 367 g/mol. The molecule has 1 N–H and O–H groups in total. The van der Waals surface area contributed by atoms with E-state index >= 15 is 0 Å². The summed E-state index contributed by atoms with van der Waals surface area (Å²) in [5.41, 5.74) is 1.71. The molecule has 0 atom stereocenters. The first-order chi connectivity index (χ1) is 10.1. The number of halogens is 3. The van der Waals surface area contributed by atoms with E-state index in [0.29, 0.717) is 22.6 Å². The molecule has 3 rings (SSSR count). The molecule has 2 aromatic heterocycles. The van der Waals surface area contributed by atoms with Gasteiger partial charge in [0.2, 0.25) is 5.28 Å². The molecule has 0 radical (unpaired) electrons. The van der Waals surface area contributed by atoms with Crippen LogP contribution in [0.15, 0.2) is 42.9 Å². The van der Waals surface area contributed by atoms with E-state index in [9.17, 15) is 4.39 Å². The summed E-state index contributed by atoms with van der Waals surface area (Å²) in [6, 6.07) is 6.45. The van der Waals surface area contributed by atoms with Crippen LogP contribution in [0, 0.1) is 5.82 Å². The first kappa shape index (κ1) is 14.0. The molecular formula is C13H8BrClFN5. The predicted molar refractivity (Wildman–Crippen MR) is 82.3 cm³/mol. The lowest BCUT2D eigenvalue weighted by Crippen LogP contribution is -1.95. The van der Waals surface area contributed by atoms with Crippen LogP contribution in [0.3, 0.4) is 0 Å². The molecule has 0 aliphatic carbocycles. The maximum Gasteiger partial charge on any atom is 0.224 e. The largest absolute Gasteiger partial charge is 0.340 e. The topological polar surface area (TPSA) is 55.6 Å². The van der Waals surface area contributed by atoms with E-state index in [4.69, 9.17) is 11.6 Å². The molecule has 3 aromatic rings. The number of nitrogens with one attached hydrogen (secondary N) is 1. The van der Waals surface area contributed by atoms with Gasteiger partial charge in [-0.25, -0.2) is 18.1 Å². The van der Waals surface area contributed by atoms with Gasteiger partial charge >= 0.3 is 0 Å². The van der Waals surface area contributed by atoms with E-state index in [0.717, 1.165) is 0 Å². The van der Waals surface area contributed by atoms with E-state index in [1.807, 2.05) is 0 Å². The fourth-order valence-electron chi connectivity index (χ4n) is 1.82. The highest BCUT2D eigenvalue weighted by Crippen LogP contribution is 2.26. The Labute approximate surface area is 133 Å². The Bertz CT molecular complexity index is 792. The van der Waals surface area contributed by atoms with E-state index in [-0.39, 0.29) is 11.1 Å². The number of nitrogens with zero attached hydrogens (tertiary/aromatic N) is 4. The molecule has 2 heterocycles. The number of anilines is 2. The standard InChI is InChI=1S/C13H8BrClFN5/c14-21-7-8(6-18-21)10-2-1-9(5-11(10)16)19-12-3-4-17-13(15)20-12/h1-7H,(H,17,19,20). The van der Waals surface area contributed by atoms with E-state index in [1.165, 1.54) is 16.0 Å². The van der Waals surface area contributed by atoms with Crippen molar-refractivity contribution in [3.63, 3.8) is 0 Å². The fraction of sp³-hybridized carbons (Fsp3) is 0.